The van der Waals surface area contributed by atoms with Crippen LogP contribution < -0.4 is 0 Å². The predicted molar refractivity (Wildman–Crippen MR) is 115 cm³/mol. The first-order valence-corrected chi connectivity index (χ1v) is 13.2. The molecule has 1 atom stereocenters. The highest BCUT2D eigenvalue weighted by atomic mass is 32.2. The van der Waals surface area contributed by atoms with Gasteiger partial charge in [0.2, 0.25) is 0 Å². The van der Waals surface area contributed by atoms with Gasteiger partial charge in [-0.2, -0.15) is 8.42 Å². The third-order valence-corrected chi connectivity index (χ3v) is 17.2. The Morgan fingerprint density at radius 1 is 0.926 bits per heavy atom. The van der Waals surface area contributed by atoms with E-state index in [0.29, 0.717) is 25.7 Å². The van der Waals surface area contributed by atoms with E-state index in [1.165, 1.54) is 0 Å². The molecule has 0 aromatic carbocycles. The predicted octanol–water partition coefficient (Wildman–Crippen LogP) is 5.83. The van der Waals surface area contributed by atoms with Crippen LogP contribution in [-0.4, -0.2) is 37.0 Å². The number of carboxylic acid groups (broad SMARTS) is 1. The zero-order valence-electron chi connectivity index (χ0n) is 18.6. The Balaban J connectivity index is 6.18. The zero-order chi connectivity index (χ0) is 22.1. The average molecular weight is 421 g/mol. The number of carboxylic acids is 1. The first kappa shape index (κ1) is 26.3. The van der Waals surface area contributed by atoms with Crippen molar-refractivity contribution in [3.8, 4) is 0 Å². The third kappa shape index (κ3) is 5.67. The van der Waals surface area contributed by atoms with Crippen LogP contribution in [0, 0.1) is 0 Å². The van der Waals surface area contributed by atoms with Gasteiger partial charge < -0.3 is 5.11 Å². The topological polar surface area (TPSA) is 91.7 Å². The molecule has 0 aliphatic rings. The molecule has 160 valence electrons. The van der Waals surface area contributed by atoms with E-state index >= 15 is 0 Å². The molecule has 0 aromatic heterocycles. The highest BCUT2D eigenvalue weighted by molar-refractivity contribution is 7.88. The molecule has 0 aliphatic carbocycles. The van der Waals surface area contributed by atoms with Crippen molar-refractivity contribution in [1.29, 1.82) is 0 Å². The highest BCUT2D eigenvalue weighted by Crippen LogP contribution is 2.65. The molecule has 27 heavy (non-hydrogen) atoms. The van der Waals surface area contributed by atoms with Crippen LogP contribution >= 0.6 is 0 Å². The summed E-state index contributed by atoms with van der Waals surface area (Å²) in [6, 6.07) is 0. The molecule has 1 unspecified atom stereocenters. The minimum atomic E-state index is -4.27. The van der Waals surface area contributed by atoms with E-state index in [4.69, 9.17) is 5.11 Å². The molecular formula is C20H40O5SSi. The van der Waals surface area contributed by atoms with Gasteiger partial charge in [-0.15, -0.1) is 0 Å². The maximum atomic E-state index is 12.6. The molecule has 0 saturated heterocycles. The molecule has 0 heterocycles. The Morgan fingerprint density at radius 2 is 1.30 bits per heavy atom. The number of unbranched alkanes of at least 4 members (excludes halogenated alkanes) is 1. The van der Waals surface area contributed by atoms with Crippen molar-refractivity contribution >= 4 is 24.2 Å². The Hall–Kier alpha value is -0.663. The van der Waals surface area contributed by atoms with Crippen LogP contribution in [0.5, 0.6) is 0 Å². The fourth-order valence-electron chi connectivity index (χ4n) is 6.19. The lowest BCUT2D eigenvalue weighted by Crippen LogP contribution is -2.68. The van der Waals surface area contributed by atoms with Gasteiger partial charge in [-0.05, 0) is 34.4 Å². The molecule has 0 fully saturated rings. The van der Waals surface area contributed by atoms with Crippen molar-refractivity contribution in [1.82, 2.24) is 0 Å². The van der Waals surface area contributed by atoms with Gasteiger partial charge >= 0.3 is 5.97 Å². The van der Waals surface area contributed by atoms with E-state index in [1.54, 1.807) is 0 Å². The number of carbonyl (C=O) groups is 1. The van der Waals surface area contributed by atoms with Crippen molar-refractivity contribution in [2.45, 2.75) is 108 Å². The van der Waals surface area contributed by atoms with Crippen LogP contribution in [0.4, 0.5) is 0 Å². The molecule has 0 saturated carbocycles. The number of aliphatic carboxylic acids is 1. The number of hydrogen-bond acceptors (Lipinski definition) is 3. The Kier molecular flexibility index (Phi) is 8.17. The molecule has 5 nitrogen and oxygen atoms in total. The fraction of sp³-hybridized carbons (Fsp3) is 0.850. The summed E-state index contributed by atoms with van der Waals surface area (Å²) in [7, 11) is -7.01. The summed E-state index contributed by atoms with van der Waals surface area (Å²) < 4.78 is 35.6. The Morgan fingerprint density at radius 3 is 1.56 bits per heavy atom. The fourth-order valence-corrected chi connectivity index (χ4v) is 21.9. The van der Waals surface area contributed by atoms with E-state index in [0.717, 1.165) is 0 Å². The summed E-state index contributed by atoms with van der Waals surface area (Å²) in [5, 5.41) is 8.13. The summed E-state index contributed by atoms with van der Waals surface area (Å²) >= 11 is 0. The normalized spacial score (nSPS) is 15.5. The summed E-state index contributed by atoms with van der Waals surface area (Å²) in [6.45, 7) is 22.4. The van der Waals surface area contributed by atoms with Crippen LogP contribution in [0.25, 0.3) is 0 Å². The molecule has 0 aliphatic heterocycles. The second kappa shape index (κ2) is 8.37. The lowest BCUT2D eigenvalue weighted by Gasteiger charge is -2.62. The maximum absolute atomic E-state index is 12.6. The molecule has 7 heteroatoms. The van der Waals surface area contributed by atoms with Gasteiger partial charge in [-0.25, -0.2) is 4.79 Å². The third-order valence-electron chi connectivity index (χ3n) is 5.89. The second-order valence-corrected chi connectivity index (χ2v) is 19.5. The van der Waals surface area contributed by atoms with E-state index in [1.807, 2.05) is 0 Å². The molecule has 0 spiro atoms. The summed E-state index contributed by atoms with van der Waals surface area (Å²) in [5.41, 5.74) is 0.129. The monoisotopic (exact) mass is 420 g/mol. The summed E-state index contributed by atoms with van der Waals surface area (Å²) in [6.07, 6.45) is 1.74. The molecule has 2 N–H and O–H groups in total. The van der Waals surface area contributed by atoms with E-state index in [9.17, 15) is 17.8 Å². The Labute approximate surface area is 167 Å². The number of rotatable bonds is 8. The van der Waals surface area contributed by atoms with Crippen LogP contribution in [0.1, 0.15) is 88.0 Å². The molecule has 0 amide bonds. The molecule has 0 radical (unpaired) electrons. The van der Waals surface area contributed by atoms with Gasteiger partial charge in [0.25, 0.3) is 10.1 Å². The first-order valence-electron chi connectivity index (χ1n) is 9.58. The van der Waals surface area contributed by atoms with Crippen molar-refractivity contribution < 1.29 is 22.9 Å². The van der Waals surface area contributed by atoms with Gasteiger partial charge in [0.15, 0.2) is 0 Å². The van der Waals surface area contributed by atoms with Crippen LogP contribution in [0.3, 0.4) is 0 Å². The molecule has 0 aromatic rings. The SMILES string of the molecule is C=C(CCCCC([Si](C(C)(C)C)(C(C)(C)C)C(C)(C)C)S(=O)(=O)O)C(=O)O. The van der Waals surface area contributed by atoms with Gasteiger partial charge in [0.05, 0.1) is 12.9 Å². The van der Waals surface area contributed by atoms with Crippen molar-refractivity contribution in [2.75, 3.05) is 0 Å². The lowest BCUT2D eigenvalue weighted by molar-refractivity contribution is -0.132. The largest absolute Gasteiger partial charge is 0.478 e. The average Bonchev–Trinajstić information content (AvgIpc) is 2.35. The lowest BCUT2D eigenvalue weighted by atomic mass is 10.1. The van der Waals surface area contributed by atoms with Crippen molar-refractivity contribution in [2.24, 2.45) is 0 Å². The van der Waals surface area contributed by atoms with Crippen LogP contribution in [0.15, 0.2) is 12.2 Å². The van der Waals surface area contributed by atoms with Gasteiger partial charge in [0, 0.05) is 5.57 Å². The number of hydrogen-bond donors (Lipinski definition) is 2. The van der Waals surface area contributed by atoms with Crippen LogP contribution in [-0.2, 0) is 14.9 Å². The first-order chi connectivity index (χ1) is 11.7. The quantitative estimate of drug-likeness (QED) is 0.223. The minimum Gasteiger partial charge on any atom is -0.478 e. The Bertz CT molecular complexity index is 609. The van der Waals surface area contributed by atoms with E-state index < -0.39 is 29.0 Å². The molecular weight excluding hydrogens is 380 g/mol. The summed E-state index contributed by atoms with van der Waals surface area (Å²) in [4.78, 5) is 10.1. The highest BCUT2D eigenvalue weighted by Gasteiger charge is 2.66. The van der Waals surface area contributed by atoms with Gasteiger partial charge in [0.1, 0.15) is 0 Å². The minimum absolute atomic E-state index is 0.129. The van der Waals surface area contributed by atoms with Gasteiger partial charge in [-0.1, -0.05) is 75.3 Å². The standard InChI is InChI=1S/C20H40O5SSi/c1-15(17(21)22)13-11-12-14-16(26(23,24)25)27(18(2,3)4,19(5,6)7)20(8,9)10/h16H,1,11-14H2,2-10H3,(H,21,22)(H,23,24,25). The zero-order valence-corrected chi connectivity index (χ0v) is 20.5. The molecule has 0 rings (SSSR count). The van der Waals surface area contributed by atoms with Gasteiger partial charge in [-0.3, -0.25) is 4.55 Å². The summed E-state index contributed by atoms with van der Waals surface area (Å²) in [5.74, 6) is -1.02. The second-order valence-electron chi connectivity index (χ2n) is 10.7. The van der Waals surface area contributed by atoms with Crippen molar-refractivity contribution in [3.05, 3.63) is 12.2 Å². The molecule has 0 bridgehead atoms. The smallest absolute Gasteiger partial charge is 0.330 e. The van der Waals surface area contributed by atoms with Crippen molar-refractivity contribution in [3.63, 3.8) is 0 Å². The van der Waals surface area contributed by atoms with E-state index in [2.05, 4.69) is 68.9 Å². The van der Waals surface area contributed by atoms with Crippen LogP contribution in [0.2, 0.25) is 15.1 Å². The maximum Gasteiger partial charge on any atom is 0.330 e. The van der Waals surface area contributed by atoms with E-state index in [-0.39, 0.29) is 20.7 Å².